The summed E-state index contributed by atoms with van der Waals surface area (Å²) in [6.45, 7) is 8.29. The van der Waals surface area contributed by atoms with Gasteiger partial charge < -0.3 is 20.5 Å². The third-order valence-corrected chi connectivity index (χ3v) is 3.58. The molecule has 0 aliphatic heterocycles. The normalized spacial score (nSPS) is 11.1. The molecule has 0 unspecified atom stereocenters. The molecule has 1 amide bonds. The van der Waals surface area contributed by atoms with E-state index in [9.17, 15) is 14.7 Å². The zero-order valence-corrected chi connectivity index (χ0v) is 13.5. The van der Waals surface area contributed by atoms with Gasteiger partial charge in [-0.1, -0.05) is 20.8 Å². The van der Waals surface area contributed by atoms with Crippen LogP contribution in [0.15, 0.2) is 18.2 Å². The Bertz CT molecular complexity index is 541. The standard InChI is InChI=1S/C16H24N2O4/c1-5-16(3,4)15(21)18-13-8-7-11(17-10-22-6-2)9-12(13)14(19)20/h7-9,17H,5-6,10H2,1-4H3,(H,18,21)(H,19,20). The second kappa shape index (κ2) is 7.79. The van der Waals surface area contributed by atoms with Gasteiger partial charge >= 0.3 is 5.97 Å². The molecule has 0 fully saturated rings. The molecule has 6 nitrogen and oxygen atoms in total. The highest BCUT2D eigenvalue weighted by atomic mass is 16.5. The number of benzene rings is 1. The van der Waals surface area contributed by atoms with Crippen molar-refractivity contribution in [2.45, 2.75) is 34.1 Å². The molecular weight excluding hydrogens is 284 g/mol. The molecule has 1 rings (SSSR count). The van der Waals surface area contributed by atoms with Crippen LogP contribution in [-0.2, 0) is 9.53 Å². The number of carboxylic acids is 1. The minimum atomic E-state index is -1.09. The number of hydrogen-bond acceptors (Lipinski definition) is 4. The van der Waals surface area contributed by atoms with Crippen molar-refractivity contribution in [1.82, 2.24) is 0 Å². The van der Waals surface area contributed by atoms with Crippen LogP contribution in [0.4, 0.5) is 11.4 Å². The van der Waals surface area contributed by atoms with Crippen LogP contribution in [0, 0.1) is 5.41 Å². The molecule has 0 aliphatic rings. The van der Waals surface area contributed by atoms with Crippen LogP contribution in [0.1, 0.15) is 44.5 Å². The molecule has 0 aromatic heterocycles. The third-order valence-electron chi connectivity index (χ3n) is 3.58. The second-order valence-corrected chi connectivity index (χ2v) is 5.57. The summed E-state index contributed by atoms with van der Waals surface area (Å²) < 4.78 is 5.16. The van der Waals surface area contributed by atoms with Crippen LogP contribution >= 0.6 is 0 Å². The summed E-state index contributed by atoms with van der Waals surface area (Å²) in [6.07, 6.45) is 0.662. The summed E-state index contributed by atoms with van der Waals surface area (Å²) in [5.41, 5.74) is 0.406. The molecular formula is C16H24N2O4. The van der Waals surface area contributed by atoms with Gasteiger partial charge in [-0.2, -0.15) is 0 Å². The molecule has 0 aliphatic carbocycles. The molecule has 0 atom stereocenters. The van der Waals surface area contributed by atoms with Crippen LogP contribution in [-0.4, -0.2) is 30.3 Å². The Morgan fingerprint density at radius 3 is 2.50 bits per heavy atom. The largest absolute Gasteiger partial charge is 0.478 e. The highest BCUT2D eigenvalue weighted by molar-refractivity contribution is 6.02. The monoisotopic (exact) mass is 308 g/mol. The van der Waals surface area contributed by atoms with Gasteiger partial charge in [0, 0.05) is 17.7 Å². The number of carbonyl (C=O) groups is 2. The fraction of sp³-hybridized carbons (Fsp3) is 0.500. The van der Waals surface area contributed by atoms with Crippen LogP contribution in [0.25, 0.3) is 0 Å². The molecule has 0 spiro atoms. The minimum absolute atomic E-state index is 0.0433. The topological polar surface area (TPSA) is 87.7 Å². The van der Waals surface area contributed by atoms with E-state index in [0.717, 1.165) is 0 Å². The number of anilines is 2. The smallest absolute Gasteiger partial charge is 0.337 e. The second-order valence-electron chi connectivity index (χ2n) is 5.57. The lowest BCUT2D eigenvalue weighted by molar-refractivity contribution is -0.124. The highest BCUT2D eigenvalue weighted by Gasteiger charge is 2.26. The van der Waals surface area contributed by atoms with E-state index >= 15 is 0 Å². The van der Waals surface area contributed by atoms with Gasteiger partial charge in [-0.3, -0.25) is 4.79 Å². The summed E-state index contributed by atoms with van der Waals surface area (Å²) in [5.74, 6) is -1.29. The minimum Gasteiger partial charge on any atom is -0.478 e. The first-order valence-electron chi connectivity index (χ1n) is 7.32. The average molecular weight is 308 g/mol. The predicted molar refractivity (Wildman–Crippen MR) is 86.2 cm³/mol. The lowest BCUT2D eigenvalue weighted by Gasteiger charge is -2.22. The van der Waals surface area contributed by atoms with Gasteiger partial charge in [-0.25, -0.2) is 4.79 Å². The van der Waals surface area contributed by atoms with E-state index in [4.69, 9.17) is 4.74 Å². The van der Waals surface area contributed by atoms with Crippen LogP contribution in [0.3, 0.4) is 0 Å². The van der Waals surface area contributed by atoms with Gasteiger partial charge in [0.2, 0.25) is 5.91 Å². The molecule has 0 bridgehead atoms. The summed E-state index contributed by atoms with van der Waals surface area (Å²) in [7, 11) is 0. The van der Waals surface area contributed by atoms with E-state index < -0.39 is 11.4 Å². The van der Waals surface area contributed by atoms with Crippen molar-refractivity contribution in [2.75, 3.05) is 24.0 Å². The summed E-state index contributed by atoms with van der Waals surface area (Å²) in [5, 5.41) is 15.0. The third kappa shape index (κ3) is 4.73. The predicted octanol–water partition coefficient (Wildman–Crippen LogP) is 3.17. The molecule has 0 saturated carbocycles. The average Bonchev–Trinajstić information content (AvgIpc) is 2.48. The molecule has 0 heterocycles. The van der Waals surface area contributed by atoms with Crippen molar-refractivity contribution < 1.29 is 19.4 Å². The van der Waals surface area contributed by atoms with Crippen molar-refractivity contribution in [3.63, 3.8) is 0 Å². The van der Waals surface area contributed by atoms with Gasteiger partial charge in [-0.15, -0.1) is 0 Å². The first-order chi connectivity index (χ1) is 10.3. The van der Waals surface area contributed by atoms with Gasteiger partial charge in [0.05, 0.1) is 11.3 Å². The van der Waals surface area contributed by atoms with Crippen LogP contribution in [0.5, 0.6) is 0 Å². The number of amides is 1. The fourth-order valence-electron chi connectivity index (χ4n) is 1.63. The quantitative estimate of drug-likeness (QED) is 0.507. The maximum atomic E-state index is 12.2. The van der Waals surface area contributed by atoms with Crippen LogP contribution < -0.4 is 10.6 Å². The van der Waals surface area contributed by atoms with Crippen LogP contribution in [0.2, 0.25) is 0 Å². The van der Waals surface area contributed by atoms with Crippen molar-refractivity contribution in [3.8, 4) is 0 Å². The maximum absolute atomic E-state index is 12.2. The number of rotatable bonds is 8. The van der Waals surface area contributed by atoms with E-state index in [-0.39, 0.29) is 11.5 Å². The summed E-state index contributed by atoms with van der Waals surface area (Å²) >= 11 is 0. The molecule has 22 heavy (non-hydrogen) atoms. The molecule has 1 aromatic carbocycles. The van der Waals surface area contributed by atoms with E-state index in [0.29, 0.717) is 31.1 Å². The Balaban J connectivity index is 2.95. The maximum Gasteiger partial charge on any atom is 0.337 e. The Kier molecular flexibility index (Phi) is 6.37. The number of nitrogens with one attached hydrogen (secondary N) is 2. The Morgan fingerprint density at radius 2 is 1.95 bits per heavy atom. The zero-order chi connectivity index (χ0) is 16.8. The van der Waals surface area contributed by atoms with E-state index in [1.807, 2.05) is 27.7 Å². The number of carbonyl (C=O) groups excluding carboxylic acids is 1. The van der Waals surface area contributed by atoms with E-state index in [2.05, 4.69) is 10.6 Å². The Hall–Kier alpha value is -2.08. The van der Waals surface area contributed by atoms with Gasteiger partial charge in [0.25, 0.3) is 0 Å². The SMILES string of the molecule is CCOCNc1ccc(NC(=O)C(C)(C)CC)c(C(=O)O)c1. The van der Waals surface area contributed by atoms with Crippen molar-refractivity contribution in [2.24, 2.45) is 5.41 Å². The van der Waals surface area contributed by atoms with Crippen molar-refractivity contribution in [1.29, 1.82) is 0 Å². The van der Waals surface area contributed by atoms with Crippen molar-refractivity contribution in [3.05, 3.63) is 23.8 Å². The van der Waals surface area contributed by atoms with E-state index in [1.54, 1.807) is 12.1 Å². The highest BCUT2D eigenvalue weighted by Crippen LogP contribution is 2.25. The van der Waals surface area contributed by atoms with Gasteiger partial charge in [-0.05, 0) is 31.5 Å². The first kappa shape index (κ1) is 18.0. The van der Waals surface area contributed by atoms with Crippen molar-refractivity contribution >= 4 is 23.3 Å². The summed E-state index contributed by atoms with van der Waals surface area (Å²) in [6, 6.07) is 4.78. The molecule has 0 saturated heterocycles. The number of hydrogen-bond donors (Lipinski definition) is 3. The Morgan fingerprint density at radius 1 is 1.27 bits per heavy atom. The molecule has 122 valence electrons. The first-order valence-corrected chi connectivity index (χ1v) is 7.32. The number of ether oxygens (including phenoxy) is 1. The Labute approximate surface area is 130 Å². The lowest BCUT2D eigenvalue weighted by Crippen LogP contribution is -2.30. The number of aromatic carboxylic acids is 1. The molecule has 0 radical (unpaired) electrons. The number of carboxylic acid groups (broad SMARTS) is 1. The van der Waals surface area contributed by atoms with E-state index in [1.165, 1.54) is 6.07 Å². The molecule has 3 N–H and O–H groups in total. The fourth-order valence-corrected chi connectivity index (χ4v) is 1.63. The van der Waals surface area contributed by atoms with Gasteiger partial charge in [0.1, 0.15) is 6.73 Å². The van der Waals surface area contributed by atoms with Gasteiger partial charge in [0.15, 0.2) is 0 Å². The summed E-state index contributed by atoms with van der Waals surface area (Å²) in [4.78, 5) is 23.6. The molecule has 6 heteroatoms. The lowest BCUT2D eigenvalue weighted by atomic mass is 9.89. The zero-order valence-electron chi connectivity index (χ0n) is 13.5. The molecule has 1 aromatic rings.